The molecular weight excluding hydrogens is 311 g/mol. The lowest BCUT2D eigenvalue weighted by Gasteiger charge is -2.14. The van der Waals surface area contributed by atoms with Crippen molar-refractivity contribution in [2.24, 2.45) is 0 Å². The zero-order chi connectivity index (χ0) is 14.9. The van der Waals surface area contributed by atoms with E-state index < -0.39 is 17.0 Å². The van der Waals surface area contributed by atoms with Crippen molar-refractivity contribution in [3.63, 3.8) is 0 Å². The van der Waals surface area contributed by atoms with Gasteiger partial charge in [0.15, 0.2) is 0 Å². The molecule has 0 bridgehead atoms. The second-order valence-electron chi connectivity index (χ2n) is 3.92. The Balaban J connectivity index is 2.65. The molecule has 0 aliphatic carbocycles. The number of hydrogen-bond donors (Lipinski definition) is 0. The quantitative estimate of drug-likeness (QED) is 0.609. The Morgan fingerprint density at radius 2 is 2.00 bits per heavy atom. The van der Waals surface area contributed by atoms with E-state index in [9.17, 15) is 18.0 Å². The van der Waals surface area contributed by atoms with Gasteiger partial charge >= 0.3 is 6.18 Å². The van der Waals surface area contributed by atoms with Crippen LogP contribution in [0, 0.1) is 0 Å². The Morgan fingerprint density at radius 1 is 1.30 bits per heavy atom. The monoisotopic (exact) mass is 319 g/mol. The van der Waals surface area contributed by atoms with E-state index in [1.54, 1.807) is 12.3 Å². The van der Waals surface area contributed by atoms with E-state index in [4.69, 9.17) is 11.6 Å². The first-order valence-corrected chi connectivity index (χ1v) is 7.07. The predicted octanol–water partition coefficient (Wildman–Crippen LogP) is 4.60. The fourth-order valence-corrected chi connectivity index (χ4v) is 2.53. The number of hydrogen-bond acceptors (Lipinski definition) is 2. The van der Waals surface area contributed by atoms with E-state index in [0.29, 0.717) is 4.90 Å². The van der Waals surface area contributed by atoms with Crippen LogP contribution in [0.15, 0.2) is 41.4 Å². The van der Waals surface area contributed by atoms with Crippen molar-refractivity contribution in [2.45, 2.75) is 11.1 Å². The highest BCUT2D eigenvalue weighted by Crippen LogP contribution is 2.34. The third-order valence-electron chi connectivity index (χ3n) is 2.72. The molecule has 106 valence electrons. The lowest BCUT2D eigenvalue weighted by molar-refractivity contribution is -0.137. The average molecular weight is 320 g/mol. The summed E-state index contributed by atoms with van der Waals surface area (Å²) in [5.74, 6) is 0. The second-order valence-corrected chi connectivity index (χ2v) is 5.11. The molecule has 0 aliphatic rings. The number of carbonyl (C=O) groups excluding carboxylic acids is 1. The molecule has 0 spiro atoms. The number of alkyl halides is 3. The summed E-state index contributed by atoms with van der Waals surface area (Å²) in [5, 5.41) is -0.723. The van der Waals surface area contributed by atoms with Gasteiger partial charge in [0, 0.05) is 11.1 Å². The van der Waals surface area contributed by atoms with Crippen LogP contribution in [0.5, 0.6) is 0 Å². The summed E-state index contributed by atoms with van der Waals surface area (Å²) in [5.41, 5.74) is -0.366. The highest BCUT2D eigenvalue weighted by molar-refractivity contribution is 7.98. The van der Waals surface area contributed by atoms with Gasteiger partial charge in [0.05, 0.1) is 11.3 Å². The maximum absolute atomic E-state index is 12.8. The zero-order valence-corrected chi connectivity index (χ0v) is 11.8. The summed E-state index contributed by atoms with van der Waals surface area (Å²) >= 11 is 6.73. The first-order valence-electron chi connectivity index (χ1n) is 5.47. The molecule has 1 aromatic heterocycles. The summed E-state index contributed by atoms with van der Waals surface area (Å²) < 4.78 is 39.7. The van der Waals surface area contributed by atoms with Gasteiger partial charge in [-0.25, -0.2) is 0 Å². The van der Waals surface area contributed by atoms with Crippen LogP contribution in [0.4, 0.5) is 13.2 Å². The SMILES string of the molecule is CSc1ccc(C(F)(F)F)cc1-n1cccc1C(=O)Cl. The van der Waals surface area contributed by atoms with Crippen molar-refractivity contribution in [3.8, 4) is 5.69 Å². The fourth-order valence-electron chi connectivity index (χ4n) is 1.81. The van der Waals surface area contributed by atoms with Gasteiger partial charge in [0.2, 0.25) is 0 Å². The molecule has 0 aliphatic heterocycles. The first kappa shape index (κ1) is 15.0. The minimum atomic E-state index is -4.44. The molecular formula is C13H9ClF3NOS. The molecule has 7 heteroatoms. The second kappa shape index (κ2) is 5.54. The van der Waals surface area contributed by atoms with Crippen molar-refractivity contribution in [3.05, 3.63) is 47.8 Å². The van der Waals surface area contributed by atoms with E-state index in [1.807, 2.05) is 0 Å². The number of aromatic nitrogens is 1. The van der Waals surface area contributed by atoms with Crippen LogP contribution in [0.1, 0.15) is 16.1 Å². The minimum Gasteiger partial charge on any atom is -0.312 e. The van der Waals surface area contributed by atoms with Gasteiger partial charge < -0.3 is 4.57 Å². The van der Waals surface area contributed by atoms with E-state index in [2.05, 4.69) is 0 Å². The Hall–Kier alpha value is -1.40. The Labute approximate surface area is 122 Å². The largest absolute Gasteiger partial charge is 0.416 e. The molecule has 0 atom stereocenters. The molecule has 20 heavy (non-hydrogen) atoms. The summed E-state index contributed by atoms with van der Waals surface area (Å²) in [6.45, 7) is 0. The number of carbonyl (C=O) groups is 1. The number of nitrogens with zero attached hydrogens (tertiary/aromatic N) is 1. The average Bonchev–Trinajstić information content (AvgIpc) is 2.86. The zero-order valence-electron chi connectivity index (χ0n) is 10.2. The molecule has 0 amide bonds. The van der Waals surface area contributed by atoms with Gasteiger partial charge in [0.25, 0.3) is 5.24 Å². The predicted molar refractivity (Wildman–Crippen MR) is 72.7 cm³/mol. The smallest absolute Gasteiger partial charge is 0.312 e. The van der Waals surface area contributed by atoms with Crippen molar-refractivity contribution < 1.29 is 18.0 Å². The minimum absolute atomic E-state index is 0.126. The van der Waals surface area contributed by atoms with Crippen LogP contribution in [0.2, 0.25) is 0 Å². The van der Waals surface area contributed by atoms with Crippen LogP contribution in [-0.2, 0) is 6.18 Å². The maximum Gasteiger partial charge on any atom is 0.416 e. The molecule has 0 radical (unpaired) electrons. The van der Waals surface area contributed by atoms with Crippen molar-refractivity contribution in [2.75, 3.05) is 6.26 Å². The van der Waals surface area contributed by atoms with Gasteiger partial charge in [-0.2, -0.15) is 13.2 Å². The number of thioether (sulfide) groups is 1. The molecule has 1 heterocycles. The van der Waals surface area contributed by atoms with E-state index >= 15 is 0 Å². The summed E-state index contributed by atoms with van der Waals surface area (Å²) in [4.78, 5) is 11.9. The van der Waals surface area contributed by atoms with Gasteiger partial charge in [-0.3, -0.25) is 4.79 Å². The number of halogens is 4. The van der Waals surface area contributed by atoms with Crippen LogP contribution in [0.3, 0.4) is 0 Å². The van der Waals surface area contributed by atoms with Crippen molar-refractivity contribution in [1.82, 2.24) is 4.57 Å². The summed E-state index contributed by atoms with van der Waals surface area (Å²) in [6, 6.07) is 6.42. The highest BCUT2D eigenvalue weighted by atomic mass is 35.5. The van der Waals surface area contributed by atoms with E-state index in [-0.39, 0.29) is 11.4 Å². The number of benzene rings is 1. The van der Waals surface area contributed by atoms with Crippen LogP contribution in [-0.4, -0.2) is 16.1 Å². The molecule has 2 rings (SSSR count). The van der Waals surface area contributed by atoms with E-state index in [1.165, 1.54) is 34.7 Å². The van der Waals surface area contributed by atoms with Crippen molar-refractivity contribution in [1.29, 1.82) is 0 Å². The van der Waals surface area contributed by atoms with Crippen LogP contribution in [0.25, 0.3) is 5.69 Å². The lowest BCUT2D eigenvalue weighted by Crippen LogP contribution is -2.08. The van der Waals surface area contributed by atoms with Crippen molar-refractivity contribution >= 4 is 28.6 Å². The first-order chi connectivity index (χ1) is 9.34. The van der Waals surface area contributed by atoms with Crippen LogP contribution < -0.4 is 0 Å². The molecule has 0 N–H and O–H groups in total. The van der Waals surface area contributed by atoms with E-state index in [0.717, 1.165) is 12.1 Å². The molecule has 2 aromatic rings. The number of rotatable bonds is 3. The molecule has 1 aromatic carbocycles. The molecule has 0 unspecified atom stereocenters. The third-order valence-corrected chi connectivity index (χ3v) is 3.69. The maximum atomic E-state index is 12.8. The standard InChI is InChI=1S/C13H9ClF3NOS/c1-20-11-5-4-8(13(15,16)17)7-10(11)18-6-2-3-9(18)12(14)19/h2-7H,1H3. The molecule has 0 saturated heterocycles. The normalized spacial score (nSPS) is 11.7. The fraction of sp³-hybridized carbons (Fsp3) is 0.154. The topological polar surface area (TPSA) is 22.0 Å². The highest BCUT2D eigenvalue weighted by Gasteiger charge is 2.31. The van der Waals surface area contributed by atoms with Gasteiger partial charge in [-0.05, 0) is 48.2 Å². The van der Waals surface area contributed by atoms with Gasteiger partial charge in [-0.15, -0.1) is 11.8 Å². The van der Waals surface area contributed by atoms with Crippen LogP contribution >= 0.6 is 23.4 Å². The molecule has 0 saturated carbocycles. The lowest BCUT2D eigenvalue weighted by atomic mass is 10.2. The third kappa shape index (κ3) is 2.86. The van der Waals surface area contributed by atoms with Gasteiger partial charge in [-0.1, -0.05) is 0 Å². The Bertz CT molecular complexity index is 651. The molecule has 0 fully saturated rings. The van der Waals surface area contributed by atoms with Gasteiger partial charge in [0.1, 0.15) is 5.69 Å². The Kier molecular flexibility index (Phi) is 4.15. The Morgan fingerprint density at radius 3 is 2.55 bits per heavy atom. The summed E-state index contributed by atoms with van der Waals surface area (Å²) in [6.07, 6.45) is -1.19. The molecule has 2 nitrogen and oxygen atoms in total. The summed E-state index contributed by atoms with van der Waals surface area (Å²) in [7, 11) is 0.